The summed E-state index contributed by atoms with van der Waals surface area (Å²) in [6, 6.07) is 1.57. The molecule has 2 bridgehead atoms. The molecular formula is C20H37N. The molecule has 1 nitrogen and oxygen atoms in total. The summed E-state index contributed by atoms with van der Waals surface area (Å²) in [5, 5.41) is 4.12. The van der Waals surface area contributed by atoms with Gasteiger partial charge in [-0.25, -0.2) is 0 Å². The fraction of sp³-hybridized carbons (Fsp3) is 1.00. The fourth-order valence-electron chi connectivity index (χ4n) is 5.87. The van der Waals surface area contributed by atoms with Crippen LogP contribution in [0.3, 0.4) is 0 Å². The molecule has 0 aliphatic heterocycles. The molecule has 3 unspecified atom stereocenters. The lowest BCUT2D eigenvalue weighted by molar-refractivity contribution is 0.0999. The van der Waals surface area contributed by atoms with Crippen molar-refractivity contribution in [2.45, 2.75) is 98.6 Å². The maximum atomic E-state index is 4.12. The highest BCUT2D eigenvalue weighted by molar-refractivity contribution is 5.13. The van der Waals surface area contributed by atoms with Crippen LogP contribution >= 0.6 is 0 Å². The van der Waals surface area contributed by atoms with Gasteiger partial charge in [0.2, 0.25) is 0 Å². The van der Waals surface area contributed by atoms with Crippen LogP contribution in [0.15, 0.2) is 0 Å². The van der Waals surface area contributed by atoms with E-state index in [0.717, 1.165) is 23.9 Å². The van der Waals surface area contributed by atoms with Gasteiger partial charge in [0.15, 0.2) is 0 Å². The predicted molar refractivity (Wildman–Crippen MR) is 91.4 cm³/mol. The standard InChI is InChI=1S/C20H37N/c1-18(2,3)14-7-9-16(10-8-14)21-17-13-15-11-12-20(17,6)19(15,4)5/h14-17,21H,7-13H2,1-6H3. The molecule has 21 heavy (non-hydrogen) atoms. The van der Waals surface area contributed by atoms with Gasteiger partial charge in [-0.3, -0.25) is 0 Å². The predicted octanol–water partition coefficient (Wildman–Crippen LogP) is 5.40. The highest BCUT2D eigenvalue weighted by Crippen LogP contribution is 2.65. The van der Waals surface area contributed by atoms with Crippen LogP contribution in [0, 0.1) is 28.1 Å². The van der Waals surface area contributed by atoms with Crippen LogP contribution in [0.4, 0.5) is 0 Å². The molecule has 0 aromatic carbocycles. The summed E-state index contributed by atoms with van der Waals surface area (Å²) in [6.07, 6.45) is 10.0. The number of nitrogens with one attached hydrogen (secondary N) is 1. The molecule has 0 heterocycles. The van der Waals surface area contributed by atoms with Crippen molar-refractivity contribution >= 4 is 0 Å². The number of rotatable bonds is 2. The summed E-state index contributed by atoms with van der Waals surface area (Å²) < 4.78 is 0. The molecule has 0 aromatic heterocycles. The molecule has 0 amide bonds. The summed E-state index contributed by atoms with van der Waals surface area (Å²) in [6.45, 7) is 14.9. The Labute approximate surface area is 132 Å². The third kappa shape index (κ3) is 2.48. The first-order valence-corrected chi connectivity index (χ1v) is 9.40. The second kappa shape index (κ2) is 4.98. The second-order valence-corrected chi connectivity index (χ2v) is 10.2. The van der Waals surface area contributed by atoms with Crippen molar-refractivity contribution in [2.24, 2.45) is 28.1 Å². The highest BCUT2D eigenvalue weighted by Gasteiger charge is 2.61. The minimum atomic E-state index is 0.505. The molecule has 1 N–H and O–H groups in total. The Balaban J connectivity index is 1.58. The van der Waals surface area contributed by atoms with E-state index in [1.54, 1.807) is 0 Å². The Hall–Kier alpha value is -0.0400. The first kappa shape index (κ1) is 15.8. The van der Waals surface area contributed by atoms with Crippen LogP contribution in [-0.2, 0) is 0 Å². The lowest BCUT2D eigenvalue weighted by Crippen LogP contribution is -2.49. The van der Waals surface area contributed by atoms with E-state index >= 15 is 0 Å². The molecule has 3 aliphatic rings. The van der Waals surface area contributed by atoms with E-state index in [0.29, 0.717) is 16.2 Å². The van der Waals surface area contributed by atoms with Crippen LogP contribution in [0.25, 0.3) is 0 Å². The summed E-state index contributed by atoms with van der Waals surface area (Å²) >= 11 is 0. The highest BCUT2D eigenvalue weighted by atomic mass is 15.0. The van der Waals surface area contributed by atoms with Crippen LogP contribution in [-0.4, -0.2) is 12.1 Å². The SMILES string of the molecule is CC(C)(C)C1CCC(NC2CC3CCC2(C)C3(C)C)CC1. The van der Waals surface area contributed by atoms with Gasteiger partial charge in [0.05, 0.1) is 0 Å². The smallest absolute Gasteiger partial charge is 0.0131 e. The monoisotopic (exact) mass is 291 g/mol. The van der Waals surface area contributed by atoms with E-state index in [1.807, 2.05) is 0 Å². The average molecular weight is 292 g/mol. The number of hydrogen-bond acceptors (Lipinski definition) is 1. The molecule has 3 rings (SSSR count). The molecule has 0 radical (unpaired) electrons. The zero-order chi connectivity index (χ0) is 15.5. The van der Waals surface area contributed by atoms with Crippen molar-refractivity contribution in [3.63, 3.8) is 0 Å². The van der Waals surface area contributed by atoms with Gasteiger partial charge < -0.3 is 5.32 Å². The van der Waals surface area contributed by atoms with Crippen LogP contribution in [0.1, 0.15) is 86.5 Å². The summed E-state index contributed by atoms with van der Waals surface area (Å²) in [5.41, 5.74) is 1.59. The molecule has 1 heteroatoms. The van der Waals surface area contributed by atoms with E-state index in [9.17, 15) is 0 Å². The van der Waals surface area contributed by atoms with Crippen molar-refractivity contribution < 1.29 is 0 Å². The largest absolute Gasteiger partial charge is 0.311 e. The van der Waals surface area contributed by atoms with Crippen molar-refractivity contribution in [3.8, 4) is 0 Å². The van der Waals surface area contributed by atoms with Gasteiger partial charge in [0.1, 0.15) is 0 Å². The van der Waals surface area contributed by atoms with Gasteiger partial charge in [0.25, 0.3) is 0 Å². The van der Waals surface area contributed by atoms with E-state index in [2.05, 4.69) is 46.9 Å². The molecule has 3 saturated carbocycles. The Morgan fingerprint density at radius 3 is 1.95 bits per heavy atom. The first-order chi connectivity index (χ1) is 9.64. The second-order valence-electron chi connectivity index (χ2n) is 10.2. The van der Waals surface area contributed by atoms with E-state index < -0.39 is 0 Å². The molecular weight excluding hydrogens is 254 g/mol. The fourth-order valence-corrected chi connectivity index (χ4v) is 5.87. The quantitative estimate of drug-likeness (QED) is 0.718. The minimum absolute atomic E-state index is 0.505. The van der Waals surface area contributed by atoms with Crippen LogP contribution in [0.2, 0.25) is 0 Å². The van der Waals surface area contributed by atoms with Gasteiger partial charge in [-0.1, -0.05) is 41.5 Å². The van der Waals surface area contributed by atoms with E-state index in [4.69, 9.17) is 0 Å². The first-order valence-electron chi connectivity index (χ1n) is 9.40. The summed E-state index contributed by atoms with van der Waals surface area (Å²) in [4.78, 5) is 0. The Morgan fingerprint density at radius 1 is 0.905 bits per heavy atom. The lowest BCUT2D eigenvalue weighted by Gasteiger charge is -2.43. The third-order valence-corrected chi connectivity index (χ3v) is 8.18. The van der Waals surface area contributed by atoms with Crippen molar-refractivity contribution in [3.05, 3.63) is 0 Å². The molecule has 3 aliphatic carbocycles. The molecule has 3 fully saturated rings. The number of hydrogen-bond donors (Lipinski definition) is 1. The van der Waals surface area contributed by atoms with Gasteiger partial charge in [-0.15, -0.1) is 0 Å². The minimum Gasteiger partial charge on any atom is -0.311 e. The normalized spacial score (nSPS) is 46.0. The molecule has 122 valence electrons. The zero-order valence-electron chi connectivity index (χ0n) is 15.3. The van der Waals surface area contributed by atoms with Crippen molar-refractivity contribution in [2.75, 3.05) is 0 Å². The maximum Gasteiger partial charge on any atom is 0.0131 e. The number of fused-ring (bicyclic) bond motifs is 2. The molecule has 0 aromatic rings. The summed E-state index contributed by atoms with van der Waals surface area (Å²) in [7, 11) is 0. The summed E-state index contributed by atoms with van der Waals surface area (Å²) in [5.74, 6) is 1.90. The lowest BCUT2D eigenvalue weighted by atomic mass is 9.68. The van der Waals surface area contributed by atoms with Crippen molar-refractivity contribution in [1.82, 2.24) is 5.32 Å². The van der Waals surface area contributed by atoms with E-state index in [1.165, 1.54) is 44.9 Å². The van der Waals surface area contributed by atoms with Gasteiger partial charge in [0, 0.05) is 12.1 Å². The Bertz CT molecular complexity index is 383. The Morgan fingerprint density at radius 2 is 1.52 bits per heavy atom. The third-order valence-electron chi connectivity index (χ3n) is 8.18. The molecule has 0 saturated heterocycles. The molecule has 3 atom stereocenters. The average Bonchev–Trinajstić information content (AvgIpc) is 2.71. The van der Waals surface area contributed by atoms with Crippen LogP contribution < -0.4 is 5.32 Å². The van der Waals surface area contributed by atoms with Gasteiger partial charge >= 0.3 is 0 Å². The van der Waals surface area contributed by atoms with Gasteiger partial charge in [-0.2, -0.15) is 0 Å². The maximum absolute atomic E-state index is 4.12. The zero-order valence-corrected chi connectivity index (χ0v) is 15.3. The van der Waals surface area contributed by atoms with Crippen LogP contribution in [0.5, 0.6) is 0 Å². The topological polar surface area (TPSA) is 12.0 Å². The van der Waals surface area contributed by atoms with Crippen molar-refractivity contribution in [1.29, 1.82) is 0 Å². The Kier molecular flexibility index (Phi) is 3.76. The van der Waals surface area contributed by atoms with E-state index in [-0.39, 0.29) is 0 Å². The molecule has 0 spiro atoms. The van der Waals surface area contributed by atoms with Gasteiger partial charge in [-0.05, 0) is 73.0 Å².